The number of methoxy groups -OCH3 is 1. The van der Waals surface area contributed by atoms with E-state index in [1.807, 2.05) is 65.6 Å². The zero-order chi connectivity index (χ0) is 40.9. The molecule has 0 unspecified atom stereocenters. The van der Waals surface area contributed by atoms with Gasteiger partial charge in [0.1, 0.15) is 5.75 Å². The normalized spacial score (nSPS) is 22.2. The van der Waals surface area contributed by atoms with Crippen LogP contribution in [0.4, 0.5) is 11.4 Å². The van der Waals surface area contributed by atoms with Gasteiger partial charge in [-0.2, -0.15) is 0 Å². The van der Waals surface area contributed by atoms with Crippen LogP contribution in [0.2, 0.25) is 18.6 Å². The van der Waals surface area contributed by atoms with Crippen LogP contribution in [-0.4, -0.2) is 88.3 Å². The van der Waals surface area contributed by atoms with Crippen molar-refractivity contribution in [1.29, 1.82) is 0 Å². The number of rotatable bonds is 15. The van der Waals surface area contributed by atoms with Crippen molar-refractivity contribution in [3.63, 3.8) is 0 Å². The van der Waals surface area contributed by atoms with E-state index in [-0.39, 0.29) is 55.3 Å². The topological polar surface area (TPSA) is 112 Å². The summed E-state index contributed by atoms with van der Waals surface area (Å²) in [5.41, 5.74) is 4.15. The molecule has 0 aromatic heterocycles. The number of hydrogen-bond donors (Lipinski definition) is 2. The van der Waals surface area contributed by atoms with Crippen LogP contribution in [0.25, 0.3) is 0 Å². The lowest BCUT2D eigenvalue weighted by molar-refractivity contribution is -0.149. The Balaban J connectivity index is 1.45. The minimum Gasteiger partial charge on any atom is -0.497 e. The molecule has 2 fully saturated rings. The summed E-state index contributed by atoms with van der Waals surface area (Å²) >= 11 is 0. The largest absolute Gasteiger partial charge is 0.497 e. The lowest BCUT2D eigenvalue weighted by Gasteiger charge is -2.37. The standard InChI is InChI=1S/C46H60N4O6Si/c1-32(2)12-11-13-33(3)22-24-50-40-21-16-36(49-25-23-47-30-43(49)53)28-39(40)46(45(50)54)34(4)44(57(6,7)38-19-17-37(55-5)18-20-38)41(56-46)29-42(52)48(26-27-51)31-35-14-9-8-10-15-35/h8-10,12,14-22,28,34,41,44,47,51H,11,13,23-27,29-31H2,1-7H3/b33-22+/t34-,41+,44-,46+/m0/s1. The van der Waals surface area contributed by atoms with Gasteiger partial charge in [-0.05, 0) is 75.0 Å². The van der Waals surface area contributed by atoms with Crippen LogP contribution < -0.4 is 25.0 Å². The first kappa shape index (κ1) is 42.1. The van der Waals surface area contributed by atoms with Crippen molar-refractivity contribution in [2.75, 3.05) is 56.2 Å². The molecule has 304 valence electrons. The summed E-state index contributed by atoms with van der Waals surface area (Å²) in [6.07, 6.45) is 5.64. The van der Waals surface area contributed by atoms with Crippen molar-refractivity contribution in [3.8, 4) is 5.75 Å². The molecule has 2 saturated heterocycles. The van der Waals surface area contributed by atoms with Crippen LogP contribution in [-0.2, 0) is 31.3 Å². The molecule has 1 spiro atoms. The molecule has 10 nitrogen and oxygen atoms in total. The first-order chi connectivity index (χ1) is 27.3. The molecule has 11 heteroatoms. The fourth-order valence-corrected chi connectivity index (χ4v) is 13.2. The number of benzene rings is 3. The van der Waals surface area contributed by atoms with Crippen molar-refractivity contribution in [2.45, 2.75) is 83.8 Å². The maximum absolute atomic E-state index is 15.4. The Labute approximate surface area is 339 Å². The smallest absolute Gasteiger partial charge is 0.264 e. The molecule has 3 aromatic carbocycles. The van der Waals surface area contributed by atoms with Gasteiger partial charge in [0, 0.05) is 49.9 Å². The summed E-state index contributed by atoms with van der Waals surface area (Å²) in [7, 11) is -0.895. The second-order valence-electron chi connectivity index (χ2n) is 16.6. The number of anilines is 2. The van der Waals surface area contributed by atoms with E-state index in [0.29, 0.717) is 26.2 Å². The highest BCUT2D eigenvalue weighted by molar-refractivity contribution is 6.91. The minimum absolute atomic E-state index is 0.0245. The zero-order valence-corrected chi connectivity index (χ0v) is 35.7. The highest BCUT2D eigenvalue weighted by Gasteiger charge is 2.66. The molecule has 57 heavy (non-hydrogen) atoms. The number of nitrogens with one attached hydrogen (secondary N) is 1. The Morgan fingerprint density at radius 1 is 1.05 bits per heavy atom. The van der Waals surface area contributed by atoms with Crippen LogP contribution >= 0.6 is 0 Å². The number of carbonyl (C=O) groups is 3. The SMILES string of the molecule is COc1ccc([Si](C)(C)[C@@H]2[C@@H](CC(=O)N(CCO)Cc3ccccc3)O[C@]3(C(=O)N(C/C=C(\C)CCC=C(C)C)c4ccc(N5CCNCC5=O)cc43)[C@H]2C)cc1. The first-order valence-electron chi connectivity index (χ1n) is 20.3. The van der Waals surface area contributed by atoms with Gasteiger partial charge in [0.05, 0.1) is 46.5 Å². The van der Waals surface area contributed by atoms with Crippen molar-refractivity contribution >= 4 is 42.4 Å². The average Bonchev–Trinajstić information content (AvgIpc) is 3.62. The fraction of sp³-hybridized carbons (Fsp3) is 0.457. The summed E-state index contributed by atoms with van der Waals surface area (Å²) < 4.78 is 12.9. The molecular formula is C46H60N4O6Si. The zero-order valence-electron chi connectivity index (χ0n) is 34.7. The summed E-state index contributed by atoms with van der Waals surface area (Å²) in [5, 5.41) is 14.4. The van der Waals surface area contributed by atoms with E-state index >= 15 is 4.79 Å². The summed E-state index contributed by atoms with van der Waals surface area (Å²) in [6, 6.07) is 23.9. The van der Waals surface area contributed by atoms with Gasteiger partial charge < -0.3 is 34.6 Å². The second-order valence-corrected chi connectivity index (χ2v) is 21.3. The average molecular weight is 793 g/mol. The summed E-state index contributed by atoms with van der Waals surface area (Å²) in [6.45, 7) is 15.2. The van der Waals surface area contributed by atoms with E-state index in [1.165, 1.54) is 16.3 Å². The highest BCUT2D eigenvalue weighted by atomic mass is 28.3. The molecule has 3 aromatic rings. The Morgan fingerprint density at radius 2 is 1.79 bits per heavy atom. The lowest BCUT2D eigenvalue weighted by atomic mass is 9.82. The van der Waals surface area contributed by atoms with Crippen LogP contribution in [0.5, 0.6) is 5.75 Å². The minimum atomic E-state index is -2.55. The number of amides is 3. The van der Waals surface area contributed by atoms with Crippen LogP contribution in [0.3, 0.4) is 0 Å². The van der Waals surface area contributed by atoms with Crippen LogP contribution in [0.1, 0.15) is 58.1 Å². The van der Waals surface area contributed by atoms with Gasteiger partial charge >= 0.3 is 0 Å². The monoisotopic (exact) mass is 792 g/mol. The maximum Gasteiger partial charge on any atom is 0.264 e. The molecule has 0 bridgehead atoms. The van der Waals surface area contributed by atoms with Gasteiger partial charge in [0.2, 0.25) is 11.8 Å². The molecule has 0 aliphatic carbocycles. The Bertz CT molecular complexity index is 1980. The van der Waals surface area contributed by atoms with Crippen molar-refractivity contribution in [2.24, 2.45) is 5.92 Å². The lowest BCUT2D eigenvalue weighted by Crippen LogP contribution is -2.52. The molecule has 3 aliphatic heterocycles. The molecular weight excluding hydrogens is 733 g/mol. The van der Waals surface area contributed by atoms with Crippen LogP contribution in [0.15, 0.2) is 96.1 Å². The maximum atomic E-state index is 15.4. The molecule has 3 heterocycles. The Morgan fingerprint density at radius 3 is 2.46 bits per heavy atom. The van der Waals surface area contributed by atoms with Crippen molar-refractivity contribution in [1.82, 2.24) is 10.2 Å². The first-order valence-corrected chi connectivity index (χ1v) is 23.4. The fourth-order valence-electron chi connectivity index (χ4n) is 9.19. The number of fused-ring (bicyclic) bond motifs is 2. The van der Waals surface area contributed by atoms with Crippen molar-refractivity contribution < 1.29 is 29.0 Å². The quantitative estimate of drug-likeness (QED) is 0.137. The number of hydrogen-bond acceptors (Lipinski definition) is 7. The predicted molar refractivity (Wildman–Crippen MR) is 230 cm³/mol. The van der Waals surface area contributed by atoms with Gasteiger partial charge in [-0.15, -0.1) is 0 Å². The molecule has 6 rings (SSSR count). The third-order valence-electron chi connectivity index (χ3n) is 12.2. The molecule has 3 aliphatic rings. The number of ether oxygens (including phenoxy) is 2. The molecule has 4 atom stereocenters. The molecule has 2 N–H and O–H groups in total. The predicted octanol–water partition coefficient (Wildman–Crippen LogP) is 6.30. The molecule has 0 radical (unpaired) electrons. The number of aliphatic hydroxyl groups excluding tert-OH is 1. The van der Waals surface area contributed by atoms with E-state index in [0.717, 1.165) is 41.1 Å². The van der Waals surface area contributed by atoms with E-state index < -0.39 is 19.8 Å². The summed E-state index contributed by atoms with van der Waals surface area (Å²) in [4.78, 5) is 48.4. The van der Waals surface area contributed by atoms with Gasteiger partial charge in [-0.3, -0.25) is 14.4 Å². The van der Waals surface area contributed by atoms with E-state index in [1.54, 1.807) is 16.9 Å². The molecule has 0 saturated carbocycles. The number of allylic oxidation sites excluding steroid dienone is 3. The Hall–Kier alpha value is -4.55. The Kier molecular flexibility index (Phi) is 13.2. The highest BCUT2D eigenvalue weighted by Crippen LogP contribution is 2.60. The van der Waals surface area contributed by atoms with E-state index in [9.17, 15) is 14.7 Å². The van der Waals surface area contributed by atoms with Crippen LogP contribution in [0, 0.1) is 5.92 Å². The van der Waals surface area contributed by atoms with E-state index in [2.05, 4.69) is 70.4 Å². The number of nitrogens with zero attached hydrogens (tertiary/aromatic N) is 3. The van der Waals surface area contributed by atoms with Gasteiger partial charge in [0.25, 0.3) is 5.91 Å². The van der Waals surface area contributed by atoms with Gasteiger partial charge in [0.15, 0.2) is 5.60 Å². The third kappa shape index (κ3) is 8.67. The number of carbonyl (C=O) groups excluding carboxylic acids is 3. The number of aliphatic hydroxyl groups is 1. The molecule has 3 amide bonds. The number of piperazine rings is 1. The second kappa shape index (κ2) is 17.9. The van der Waals surface area contributed by atoms with Crippen molar-refractivity contribution in [3.05, 3.63) is 107 Å². The van der Waals surface area contributed by atoms with Gasteiger partial charge in [-0.25, -0.2) is 0 Å². The van der Waals surface area contributed by atoms with Gasteiger partial charge in [-0.1, -0.05) is 91.0 Å². The summed E-state index contributed by atoms with van der Waals surface area (Å²) in [5.74, 6) is 0.135. The third-order valence-corrected chi connectivity index (χ3v) is 16.6. The van der Waals surface area contributed by atoms with E-state index in [4.69, 9.17) is 9.47 Å².